The lowest BCUT2D eigenvalue weighted by atomic mass is 10.2. The maximum absolute atomic E-state index is 5.69. The summed E-state index contributed by atoms with van der Waals surface area (Å²) in [7, 11) is 0. The Balaban J connectivity index is 1.75. The van der Waals surface area contributed by atoms with E-state index in [1.807, 2.05) is 13.0 Å². The normalized spacial score (nSPS) is 23.4. The quantitative estimate of drug-likeness (QED) is 0.842. The number of rotatable bonds is 3. The van der Waals surface area contributed by atoms with Gasteiger partial charge in [-0.15, -0.1) is 0 Å². The molecule has 108 valence electrons. The van der Waals surface area contributed by atoms with Gasteiger partial charge in [0, 0.05) is 24.8 Å². The molecule has 1 atom stereocenters. The first-order valence-corrected chi connectivity index (χ1v) is 7.69. The van der Waals surface area contributed by atoms with E-state index in [2.05, 4.69) is 19.8 Å². The molecule has 1 aromatic rings. The van der Waals surface area contributed by atoms with E-state index in [9.17, 15) is 0 Å². The van der Waals surface area contributed by atoms with Crippen LogP contribution in [0.5, 0.6) is 0 Å². The standard InChI is InChI=1S/C14H21N5S/c1-10-8-12(13(15)20)17-14(16-10)19-7-4-11(9-19)18-5-2-3-6-18/h8,11H,2-7,9H2,1H3,(H2,15,20). The topological polar surface area (TPSA) is 58.3 Å². The Kier molecular flexibility index (Phi) is 3.85. The van der Waals surface area contributed by atoms with Crippen LogP contribution in [-0.4, -0.2) is 52.1 Å². The Bertz CT molecular complexity index is 512. The molecular weight excluding hydrogens is 270 g/mol. The maximum atomic E-state index is 5.69. The number of hydrogen-bond acceptors (Lipinski definition) is 5. The molecule has 5 nitrogen and oxygen atoms in total. The van der Waals surface area contributed by atoms with Crippen molar-refractivity contribution in [2.24, 2.45) is 5.73 Å². The zero-order chi connectivity index (χ0) is 14.1. The first kappa shape index (κ1) is 13.7. The molecule has 20 heavy (non-hydrogen) atoms. The Hall–Kier alpha value is -1.27. The van der Waals surface area contributed by atoms with Crippen molar-refractivity contribution in [2.45, 2.75) is 32.2 Å². The van der Waals surface area contributed by atoms with Gasteiger partial charge in [-0.2, -0.15) is 0 Å². The lowest BCUT2D eigenvalue weighted by Gasteiger charge is -2.23. The molecule has 0 radical (unpaired) electrons. The predicted octanol–water partition coefficient (Wildman–Crippen LogP) is 1.09. The largest absolute Gasteiger partial charge is 0.388 e. The molecule has 3 heterocycles. The summed E-state index contributed by atoms with van der Waals surface area (Å²) in [4.78, 5) is 14.2. The van der Waals surface area contributed by atoms with Gasteiger partial charge in [0.1, 0.15) is 10.7 Å². The van der Waals surface area contributed by atoms with Crippen LogP contribution in [0.3, 0.4) is 0 Å². The highest BCUT2D eigenvalue weighted by Gasteiger charge is 2.30. The van der Waals surface area contributed by atoms with Crippen LogP contribution in [0.25, 0.3) is 0 Å². The number of likely N-dealkylation sites (tertiary alicyclic amines) is 1. The van der Waals surface area contributed by atoms with Crippen LogP contribution in [0.1, 0.15) is 30.7 Å². The minimum atomic E-state index is 0.340. The van der Waals surface area contributed by atoms with Crippen molar-refractivity contribution < 1.29 is 0 Å². The number of aromatic nitrogens is 2. The SMILES string of the molecule is Cc1cc(C(N)=S)nc(N2CCC(N3CCCC3)C2)n1. The number of thiocarbonyl (C=S) groups is 1. The van der Waals surface area contributed by atoms with Gasteiger partial charge in [-0.05, 0) is 45.3 Å². The summed E-state index contributed by atoms with van der Waals surface area (Å²) in [6.07, 6.45) is 3.87. The Morgan fingerprint density at radius 1 is 1.30 bits per heavy atom. The Labute approximate surface area is 125 Å². The van der Waals surface area contributed by atoms with E-state index in [0.717, 1.165) is 24.7 Å². The fourth-order valence-corrected chi connectivity index (χ4v) is 3.25. The molecule has 0 amide bonds. The van der Waals surface area contributed by atoms with E-state index >= 15 is 0 Å². The Morgan fingerprint density at radius 2 is 2.05 bits per heavy atom. The summed E-state index contributed by atoms with van der Waals surface area (Å²) in [5.74, 6) is 0.773. The summed E-state index contributed by atoms with van der Waals surface area (Å²) in [6.45, 7) is 6.47. The van der Waals surface area contributed by atoms with Crippen molar-refractivity contribution in [3.05, 3.63) is 17.5 Å². The van der Waals surface area contributed by atoms with Crippen LogP contribution < -0.4 is 10.6 Å². The van der Waals surface area contributed by atoms with E-state index in [1.165, 1.54) is 32.4 Å². The highest BCUT2D eigenvalue weighted by Crippen LogP contribution is 2.23. The van der Waals surface area contributed by atoms with Gasteiger partial charge in [-0.3, -0.25) is 4.90 Å². The molecule has 2 fully saturated rings. The molecule has 2 aliphatic heterocycles. The van der Waals surface area contributed by atoms with Crippen LogP contribution in [0, 0.1) is 6.92 Å². The molecule has 0 aliphatic carbocycles. The lowest BCUT2D eigenvalue weighted by Crippen LogP contribution is -2.35. The van der Waals surface area contributed by atoms with Gasteiger partial charge in [0.2, 0.25) is 5.95 Å². The van der Waals surface area contributed by atoms with Crippen molar-refractivity contribution in [1.29, 1.82) is 0 Å². The van der Waals surface area contributed by atoms with Crippen molar-refractivity contribution in [3.63, 3.8) is 0 Å². The number of nitrogens with two attached hydrogens (primary N) is 1. The smallest absolute Gasteiger partial charge is 0.226 e. The van der Waals surface area contributed by atoms with Crippen LogP contribution in [0.4, 0.5) is 5.95 Å². The summed E-state index contributed by atoms with van der Waals surface area (Å²) in [5.41, 5.74) is 7.28. The van der Waals surface area contributed by atoms with E-state index < -0.39 is 0 Å². The predicted molar refractivity (Wildman–Crippen MR) is 84.1 cm³/mol. The van der Waals surface area contributed by atoms with Crippen LogP contribution in [-0.2, 0) is 0 Å². The van der Waals surface area contributed by atoms with Crippen LogP contribution >= 0.6 is 12.2 Å². The second-order valence-electron chi connectivity index (χ2n) is 5.69. The molecule has 1 unspecified atom stereocenters. The van der Waals surface area contributed by atoms with Gasteiger partial charge < -0.3 is 10.6 Å². The highest BCUT2D eigenvalue weighted by atomic mass is 32.1. The minimum Gasteiger partial charge on any atom is -0.388 e. The van der Waals surface area contributed by atoms with Crippen molar-refractivity contribution in [2.75, 3.05) is 31.1 Å². The van der Waals surface area contributed by atoms with Gasteiger partial charge in [0.25, 0.3) is 0 Å². The van der Waals surface area contributed by atoms with E-state index in [1.54, 1.807) is 0 Å². The number of anilines is 1. The van der Waals surface area contributed by atoms with E-state index in [-0.39, 0.29) is 0 Å². The van der Waals surface area contributed by atoms with Gasteiger partial charge in [-0.1, -0.05) is 12.2 Å². The average Bonchev–Trinajstić information content (AvgIpc) is 3.09. The summed E-state index contributed by atoms with van der Waals surface area (Å²) >= 11 is 5.03. The molecule has 0 aromatic carbocycles. The molecular formula is C14H21N5S. The van der Waals surface area contributed by atoms with Gasteiger partial charge in [0.05, 0.1) is 0 Å². The monoisotopic (exact) mass is 291 g/mol. The first-order chi connectivity index (χ1) is 9.63. The zero-order valence-electron chi connectivity index (χ0n) is 11.9. The molecule has 2 N–H and O–H groups in total. The highest BCUT2D eigenvalue weighted by molar-refractivity contribution is 7.80. The molecule has 3 rings (SSSR count). The molecule has 2 aliphatic rings. The molecule has 0 spiro atoms. The molecule has 1 aromatic heterocycles. The number of nitrogens with zero attached hydrogens (tertiary/aromatic N) is 4. The van der Waals surface area contributed by atoms with Crippen molar-refractivity contribution in [3.8, 4) is 0 Å². The first-order valence-electron chi connectivity index (χ1n) is 7.28. The fourth-order valence-electron chi connectivity index (χ4n) is 3.15. The van der Waals surface area contributed by atoms with Crippen LogP contribution in [0.2, 0.25) is 0 Å². The van der Waals surface area contributed by atoms with E-state index in [4.69, 9.17) is 18.0 Å². The maximum Gasteiger partial charge on any atom is 0.226 e. The second kappa shape index (κ2) is 5.61. The molecule has 2 saturated heterocycles. The average molecular weight is 291 g/mol. The number of hydrogen-bond donors (Lipinski definition) is 1. The lowest BCUT2D eigenvalue weighted by molar-refractivity contribution is 0.260. The summed E-state index contributed by atoms with van der Waals surface area (Å²) < 4.78 is 0. The fraction of sp³-hybridized carbons (Fsp3) is 0.643. The minimum absolute atomic E-state index is 0.340. The van der Waals surface area contributed by atoms with E-state index in [0.29, 0.717) is 16.7 Å². The van der Waals surface area contributed by atoms with Gasteiger partial charge >= 0.3 is 0 Å². The third-order valence-corrected chi connectivity index (χ3v) is 4.41. The van der Waals surface area contributed by atoms with Gasteiger partial charge in [-0.25, -0.2) is 9.97 Å². The van der Waals surface area contributed by atoms with Crippen LogP contribution in [0.15, 0.2) is 6.07 Å². The third-order valence-electron chi connectivity index (χ3n) is 4.20. The summed E-state index contributed by atoms with van der Waals surface area (Å²) in [5, 5.41) is 0. The zero-order valence-corrected chi connectivity index (χ0v) is 12.7. The molecule has 0 bridgehead atoms. The van der Waals surface area contributed by atoms with Crippen molar-refractivity contribution >= 4 is 23.2 Å². The second-order valence-corrected chi connectivity index (χ2v) is 6.13. The van der Waals surface area contributed by atoms with Gasteiger partial charge in [0.15, 0.2) is 0 Å². The third kappa shape index (κ3) is 2.76. The Morgan fingerprint density at radius 3 is 2.75 bits per heavy atom. The summed E-state index contributed by atoms with van der Waals surface area (Å²) in [6, 6.07) is 2.50. The number of aryl methyl sites for hydroxylation is 1. The molecule has 6 heteroatoms. The van der Waals surface area contributed by atoms with Crippen molar-refractivity contribution in [1.82, 2.24) is 14.9 Å². The molecule has 0 saturated carbocycles.